The number of nitrogens with zero attached hydrogens (tertiary/aromatic N) is 1. The molecule has 1 aliphatic heterocycles. The Hall–Kier alpha value is -1.46. The SMILES string of the molecule is N[C@H]1CCCN(C(=O)c2cc3cc(F)ccc3s2)C1. The predicted octanol–water partition coefficient (Wildman–Crippen LogP) is 2.60. The van der Waals surface area contributed by atoms with Crippen molar-refractivity contribution < 1.29 is 9.18 Å². The quantitative estimate of drug-likeness (QED) is 0.871. The molecule has 0 aliphatic carbocycles. The van der Waals surface area contributed by atoms with Crippen molar-refractivity contribution in [3.05, 3.63) is 35.0 Å². The third-order valence-electron chi connectivity index (χ3n) is 3.43. The Bertz CT molecular complexity index is 625. The van der Waals surface area contributed by atoms with E-state index in [-0.39, 0.29) is 17.8 Å². The van der Waals surface area contributed by atoms with E-state index in [1.165, 1.54) is 23.5 Å². The Balaban J connectivity index is 1.88. The molecule has 0 unspecified atom stereocenters. The molecule has 0 radical (unpaired) electrons. The minimum Gasteiger partial charge on any atom is -0.336 e. The molecule has 100 valence electrons. The molecule has 0 saturated carbocycles. The van der Waals surface area contributed by atoms with Crippen LogP contribution in [0.2, 0.25) is 0 Å². The van der Waals surface area contributed by atoms with Crippen LogP contribution in [-0.4, -0.2) is 29.9 Å². The van der Waals surface area contributed by atoms with Gasteiger partial charge in [0, 0.05) is 23.8 Å². The lowest BCUT2D eigenvalue weighted by molar-refractivity contribution is 0.0714. The van der Waals surface area contributed by atoms with Crippen molar-refractivity contribution in [1.82, 2.24) is 4.90 Å². The summed E-state index contributed by atoms with van der Waals surface area (Å²) in [6, 6.07) is 6.44. The van der Waals surface area contributed by atoms with Gasteiger partial charge in [-0.2, -0.15) is 0 Å². The molecule has 1 aliphatic rings. The molecule has 2 aromatic rings. The van der Waals surface area contributed by atoms with Crippen molar-refractivity contribution in [3.63, 3.8) is 0 Å². The molecule has 5 heteroatoms. The van der Waals surface area contributed by atoms with E-state index in [0.29, 0.717) is 11.4 Å². The van der Waals surface area contributed by atoms with Crippen molar-refractivity contribution in [1.29, 1.82) is 0 Å². The number of thiophene rings is 1. The Morgan fingerprint density at radius 3 is 3.05 bits per heavy atom. The Morgan fingerprint density at radius 2 is 2.26 bits per heavy atom. The minimum absolute atomic E-state index is 0.0109. The standard InChI is InChI=1S/C14H15FN2OS/c15-10-3-4-12-9(6-10)7-13(19-12)14(18)17-5-1-2-11(16)8-17/h3-4,6-7,11H,1-2,5,8,16H2/t11-/m0/s1. The molecule has 1 aromatic heterocycles. The number of nitrogens with two attached hydrogens (primary N) is 1. The van der Waals surface area contributed by atoms with Crippen LogP contribution in [0.15, 0.2) is 24.3 Å². The first kappa shape index (κ1) is 12.6. The van der Waals surface area contributed by atoms with Gasteiger partial charge in [-0.1, -0.05) is 0 Å². The smallest absolute Gasteiger partial charge is 0.264 e. The highest BCUT2D eigenvalue weighted by molar-refractivity contribution is 7.20. The average molecular weight is 278 g/mol. The fraction of sp³-hybridized carbons (Fsp3) is 0.357. The molecule has 1 atom stereocenters. The van der Waals surface area contributed by atoms with Crippen molar-refractivity contribution in [3.8, 4) is 0 Å². The van der Waals surface area contributed by atoms with E-state index in [2.05, 4.69) is 0 Å². The minimum atomic E-state index is -0.274. The summed E-state index contributed by atoms with van der Waals surface area (Å²) < 4.78 is 14.1. The summed E-state index contributed by atoms with van der Waals surface area (Å²) >= 11 is 1.41. The van der Waals surface area contributed by atoms with E-state index in [1.807, 2.05) is 0 Å². The molecule has 1 saturated heterocycles. The number of benzene rings is 1. The molecule has 1 amide bonds. The monoisotopic (exact) mass is 278 g/mol. The van der Waals surface area contributed by atoms with Crippen LogP contribution < -0.4 is 5.73 Å². The molecule has 19 heavy (non-hydrogen) atoms. The van der Waals surface area contributed by atoms with Gasteiger partial charge in [-0.3, -0.25) is 4.79 Å². The van der Waals surface area contributed by atoms with Gasteiger partial charge in [0.25, 0.3) is 5.91 Å². The zero-order valence-corrected chi connectivity index (χ0v) is 11.3. The molecular formula is C14H15FN2OS. The van der Waals surface area contributed by atoms with E-state index >= 15 is 0 Å². The molecule has 2 N–H and O–H groups in total. The van der Waals surface area contributed by atoms with Crippen molar-refractivity contribution in [2.75, 3.05) is 13.1 Å². The molecule has 3 rings (SSSR count). The van der Waals surface area contributed by atoms with E-state index in [0.717, 1.165) is 29.5 Å². The van der Waals surface area contributed by atoms with Gasteiger partial charge in [0.15, 0.2) is 0 Å². The zero-order valence-electron chi connectivity index (χ0n) is 10.4. The van der Waals surface area contributed by atoms with Crippen molar-refractivity contribution in [2.24, 2.45) is 5.73 Å². The number of likely N-dealkylation sites (tertiary alicyclic amines) is 1. The van der Waals surface area contributed by atoms with E-state index in [1.54, 1.807) is 17.0 Å². The Kier molecular flexibility index (Phi) is 3.24. The number of hydrogen-bond donors (Lipinski definition) is 1. The first-order valence-electron chi connectivity index (χ1n) is 6.37. The number of amides is 1. The maximum absolute atomic E-state index is 13.1. The highest BCUT2D eigenvalue weighted by Gasteiger charge is 2.23. The highest BCUT2D eigenvalue weighted by Crippen LogP contribution is 2.27. The number of piperidine rings is 1. The summed E-state index contributed by atoms with van der Waals surface area (Å²) in [7, 11) is 0. The number of halogens is 1. The maximum Gasteiger partial charge on any atom is 0.264 e. The molecule has 0 spiro atoms. The van der Waals surface area contributed by atoms with E-state index < -0.39 is 0 Å². The second-order valence-corrected chi connectivity index (χ2v) is 6.03. The molecule has 3 nitrogen and oxygen atoms in total. The van der Waals surface area contributed by atoms with Crippen LogP contribution in [0.4, 0.5) is 4.39 Å². The van der Waals surface area contributed by atoms with Crippen LogP contribution in [0.1, 0.15) is 22.5 Å². The van der Waals surface area contributed by atoms with Crippen LogP contribution in [-0.2, 0) is 0 Å². The van der Waals surface area contributed by atoms with Crippen LogP contribution in [0, 0.1) is 5.82 Å². The number of carbonyl (C=O) groups is 1. The third-order valence-corrected chi connectivity index (χ3v) is 4.54. The Morgan fingerprint density at radius 1 is 1.42 bits per heavy atom. The third kappa shape index (κ3) is 2.48. The Labute approximate surface area is 114 Å². The predicted molar refractivity (Wildman–Crippen MR) is 74.9 cm³/mol. The van der Waals surface area contributed by atoms with Gasteiger partial charge in [-0.05, 0) is 42.5 Å². The van der Waals surface area contributed by atoms with Gasteiger partial charge in [0.2, 0.25) is 0 Å². The largest absolute Gasteiger partial charge is 0.336 e. The summed E-state index contributed by atoms with van der Waals surface area (Å²) in [6.07, 6.45) is 1.92. The van der Waals surface area contributed by atoms with Gasteiger partial charge in [-0.25, -0.2) is 4.39 Å². The van der Waals surface area contributed by atoms with Crippen molar-refractivity contribution in [2.45, 2.75) is 18.9 Å². The summed E-state index contributed by atoms with van der Waals surface area (Å²) in [6.45, 7) is 1.37. The number of carbonyl (C=O) groups excluding carboxylic acids is 1. The second kappa shape index (κ2) is 4.90. The fourth-order valence-electron chi connectivity index (χ4n) is 2.47. The number of hydrogen-bond acceptors (Lipinski definition) is 3. The van der Waals surface area contributed by atoms with E-state index in [4.69, 9.17) is 5.73 Å². The fourth-order valence-corrected chi connectivity index (χ4v) is 3.48. The van der Waals surface area contributed by atoms with Crippen LogP contribution in [0.5, 0.6) is 0 Å². The lowest BCUT2D eigenvalue weighted by Crippen LogP contribution is -2.45. The van der Waals surface area contributed by atoms with Gasteiger partial charge in [0.05, 0.1) is 4.88 Å². The number of rotatable bonds is 1. The summed E-state index contributed by atoms with van der Waals surface area (Å²) in [5.41, 5.74) is 5.90. The van der Waals surface area contributed by atoms with Gasteiger partial charge in [0.1, 0.15) is 5.82 Å². The lowest BCUT2D eigenvalue weighted by Gasteiger charge is -2.30. The van der Waals surface area contributed by atoms with E-state index in [9.17, 15) is 9.18 Å². The molecular weight excluding hydrogens is 263 g/mol. The lowest BCUT2D eigenvalue weighted by atomic mass is 10.1. The normalized spacial score (nSPS) is 19.9. The summed E-state index contributed by atoms with van der Waals surface area (Å²) in [4.78, 5) is 14.8. The number of fused-ring (bicyclic) bond motifs is 1. The zero-order chi connectivity index (χ0) is 13.4. The average Bonchev–Trinajstić information content (AvgIpc) is 2.80. The van der Waals surface area contributed by atoms with Crippen LogP contribution in [0.25, 0.3) is 10.1 Å². The second-order valence-electron chi connectivity index (χ2n) is 4.95. The molecule has 1 fully saturated rings. The molecule has 0 bridgehead atoms. The topological polar surface area (TPSA) is 46.3 Å². The summed E-state index contributed by atoms with van der Waals surface area (Å²) in [5.74, 6) is -0.263. The first-order chi connectivity index (χ1) is 9.13. The molecule has 2 heterocycles. The van der Waals surface area contributed by atoms with Gasteiger partial charge >= 0.3 is 0 Å². The van der Waals surface area contributed by atoms with Gasteiger partial charge < -0.3 is 10.6 Å². The van der Waals surface area contributed by atoms with Gasteiger partial charge in [-0.15, -0.1) is 11.3 Å². The van der Waals surface area contributed by atoms with Crippen LogP contribution in [0.3, 0.4) is 0 Å². The maximum atomic E-state index is 13.1. The molecule has 1 aromatic carbocycles. The highest BCUT2D eigenvalue weighted by atomic mass is 32.1. The first-order valence-corrected chi connectivity index (χ1v) is 7.19. The van der Waals surface area contributed by atoms with Crippen LogP contribution >= 0.6 is 11.3 Å². The van der Waals surface area contributed by atoms with Crippen molar-refractivity contribution >= 4 is 27.3 Å². The summed E-state index contributed by atoms with van der Waals surface area (Å²) in [5, 5.41) is 0.787.